The lowest BCUT2D eigenvalue weighted by Crippen LogP contribution is -2.18. The Morgan fingerprint density at radius 2 is 1.97 bits per heavy atom. The first kappa shape index (κ1) is 21.4. The molecule has 1 unspecified atom stereocenters. The summed E-state index contributed by atoms with van der Waals surface area (Å²) in [5, 5.41) is 19.8. The summed E-state index contributed by atoms with van der Waals surface area (Å²) in [5.41, 5.74) is 3.19. The van der Waals surface area contributed by atoms with Gasteiger partial charge in [0.2, 0.25) is 0 Å². The number of benzene rings is 2. The summed E-state index contributed by atoms with van der Waals surface area (Å²) in [6.07, 6.45) is -0.598. The average molecular weight is 414 g/mol. The molecule has 1 heterocycles. The van der Waals surface area contributed by atoms with Gasteiger partial charge in [0.1, 0.15) is 5.75 Å². The first-order chi connectivity index (χ1) is 14.1. The Morgan fingerprint density at radius 1 is 1.14 bits per heavy atom. The van der Waals surface area contributed by atoms with Crippen LogP contribution < -0.4 is 4.74 Å². The fourth-order valence-electron chi connectivity index (χ4n) is 3.02. The summed E-state index contributed by atoms with van der Waals surface area (Å²) in [6, 6.07) is 15.9. The highest BCUT2D eigenvalue weighted by molar-refractivity contribution is 7.99. The summed E-state index contributed by atoms with van der Waals surface area (Å²) < 4.78 is 13.1. The van der Waals surface area contributed by atoms with Gasteiger partial charge in [0.15, 0.2) is 11.0 Å². The normalized spacial score (nSPS) is 12.1. The molecule has 0 bridgehead atoms. The number of hydrogen-bond acceptors (Lipinski definition) is 6. The van der Waals surface area contributed by atoms with E-state index in [0.717, 1.165) is 34.4 Å². The van der Waals surface area contributed by atoms with Crippen LogP contribution in [0.3, 0.4) is 0 Å². The quantitative estimate of drug-likeness (QED) is 0.508. The molecule has 0 amide bonds. The van der Waals surface area contributed by atoms with E-state index in [2.05, 4.69) is 40.7 Å². The van der Waals surface area contributed by atoms with Crippen LogP contribution >= 0.6 is 11.8 Å². The lowest BCUT2D eigenvalue weighted by molar-refractivity contribution is 0.0390. The molecule has 0 saturated heterocycles. The highest BCUT2D eigenvalue weighted by Crippen LogP contribution is 2.25. The van der Waals surface area contributed by atoms with Crippen LogP contribution in [0.5, 0.6) is 5.75 Å². The maximum absolute atomic E-state index is 10.3. The second kappa shape index (κ2) is 10.4. The Morgan fingerprint density at radius 3 is 2.72 bits per heavy atom. The number of nitrogens with zero attached hydrogens (tertiary/aromatic N) is 3. The third-order valence-corrected chi connectivity index (χ3v) is 5.59. The minimum absolute atomic E-state index is 0.246. The van der Waals surface area contributed by atoms with Gasteiger partial charge in [-0.05, 0) is 26.0 Å². The van der Waals surface area contributed by atoms with Crippen LogP contribution in [0.25, 0.3) is 11.4 Å². The second-order valence-electron chi connectivity index (χ2n) is 6.71. The number of aryl methyl sites for hydroxylation is 1. The van der Waals surface area contributed by atoms with Crippen molar-refractivity contribution in [3.63, 3.8) is 0 Å². The van der Waals surface area contributed by atoms with Crippen LogP contribution in [0.15, 0.2) is 53.7 Å². The van der Waals surface area contributed by atoms with Gasteiger partial charge in [-0.1, -0.05) is 53.7 Å². The molecule has 0 fully saturated rings. The lowest BCUT2D eigenvalue weighted by atomic mass is 10.1. The number of methoxy groups -OCH3 is 1. The Kier molecular flexibility index (Phi) is 7.69. The Bertz CT molecular complexity index is 929. The van der Waals surface area contributed by atoms with Gasteiger partial charge >= 0.3 is 0 Å². The zero-order chi connectivity index (χ0) is 20.6. The molecule has 3 rings (SSSR count). The summed E-state index contributed by atoms with van der Waals surface area (Å²) in [4.78, 5) is 0. The van der Waals surface area contributed by atoms with E-state index in [1.54, 1.807) is 7.11 Å². The topological polar surface area (TPSA) is 69.4 Å². The molecule has 3 aromatic rings. The number of ether oxygens (including phenoxy) is 2. The molecule has 0 spiro atoms. The third-order valence-electron chi connectivity index (χ3n) is 4.47. The molecule has 0 radical (unpaired) electrons. The molecule has 154 valence electrons. The highest BCUT2D eigenvalue weighted by atomic mass is 32.2. The molecule has 6 nitrogen and oxygen atoms in total. The first-order valence-electron chi connectivity index (χ1n) is 9.63. The standard InChI is InChI=1S/C22H27N3O3S/c1-4-25-21(17-10-7-8-16(2)12-17)23-24-22(25)29-15-19(26)14-28-13-18-9-5-6-11-20(18)27-3/h5-12,19,26H,4,13-15H2,1-3H3. The molecule has 1 aromatic heterocycles. The molecule has 29 heavy (non-hydrogen) atoms. The van der Waals surface area contributed by atoms with Gasteiger partial charge in [-0.25, -0.2) is 0 Å². The predicted molar refractivity (Wildman–Crippen MR) is 115 cm³/mol. The minimum atomic E-state index is -0.598. The summed E-state index contributed by atoms with van der Waals surface area (Å²) in [6.45, 7) is 5.54. The number of rotatable bonds is 10. The molecule has 0 aliphatic rings. The Labute approximate surface area is 175 Å². The lowest BCUT2D eigenvalue weighted by Gasteiger charge is -2.13. The van der Waals surface area contributed by atoms with E-state index in [4.69, 9.17) is 9.47 Å². The third kappa shape index (κ3) is 5.59. The van der Waals surface area contributed by atoms with Crippen LogP contribution in [0.1, 0.15) is 18.1 Å². The molecule has 0 aliphatic carbocycles. The van der Waals surface area contributed by atoms with Gasteiger partial charge in [-0.3, -0.25) is 0 Å². The van der Waals surface area contributed by atoms with Crippen molar-refractivity contribution in [2.24, 2.45) is 0 Å². The maximum atomic E-state index is 10.3. The number of para-hydroxylation sites is 1. The van der Waals surface area contributed by atoms with Gasteiger partial charge in [0.05, 0.1) is 26.4 Å². The summed E-state index contributed by atoms with van der Waals surface area (Å²) in [7, 11) is 1.64. The molecule has 1 atom stereocenters. The van der Waals surface area contributed by atoms with Crippen LogP contribution in [0.4, 0.5) is 0 Å². The monoisotopic (exact) mass is 413 g/mol. The molecular weight excluding hydrogens is 386 g/mol. The van der Waals surface area contributed by atoms with Crippen LogP contribution in [-0.2, 0) is 17.9 Å². The van der Waals surface area contributed by atoms with Gasteiger partial charge in [0, 0.05) is 23.4 Å². The van der Waals surface area contributed by atoms with Gasteiger partial charge in [0.25, 0.3) is 0 Å². The molecular formula is C22H27N3O3S. The van der Waals surface area contributed by atoms with Crippen LogP contribution in [-0.4, -0.2) is 45.4 Å². The van der Waals surface area contributed by atoms with E-state index in [9.17, 15) is 5.11 Å². The zero-order valence-corrected chi connectivity index (χ0v) is 17.9. The van der Waals surface area contributed by atoms with Crippen LogP contribution in [0, 0.1) is 6.92 Å². The maximum Gasteiger partial charge on any atom is 0.191 e. The van der Waals surface area contributed by atoms with E-state index < -0.39 is 6.10 Å². The van der Waals surface area contributed by atoms with Crippen molar-refractivity contribution < 1.29 is 14.6 Å². The fourth-order valence-corrected chi connectivity index (χ4v) is 3.93. The van der Waals surface area contributed by atoms with Crippen molar-refractivity contribution in [1.82, 2.24) is 14.8 Å². The van der Waals surface area contributed by atoms with E-state index in [-0.39, 0.29) is 6.61 Å². The van der Waals surface area contributed by atoms with Crippen molar-refractivity contribution in [3.8, 4) is 17.1 Å². The first-order valence-corrected chi connectivity index (χ1v) is 10.6. The average Bonchev–Trinajstić information content (AvgIpc) is 3.15. The van der Waals surface area contributed by atoms with Crippen LogP contribution in [0.2, 0.25) is 0 Å². The molecule has 2 aromatic carbocycles. The Balaban J connectivity index is 1.54. The van der Waals surface area contributed by atoms with Crippen molar-refractivity contribution >= 4 is 11.8 Å². The van der Waals surface area contributed by atoms with Gasteiger partial charge in [-0.15, -0.1) is 10.2 Å². The molecule has 0 saturated carbocycles. The molecule has 1 N–H and O–H groups in total. The number of aromatic nitrogens is 3. The summed E-state index contributed by atoms with van der Waals surface area (Å²) in [5.74, 6) is 2.12. The predicted octanol–water partition coefficient (Wildman–Crippen LogP) is 3.95. The zero-order valence-electron chi connectivity index (χ0n) is 17.0. The number of aliphatic hydroxyl groups excluding tert-OH is 1. The molecule has 0 aliphatic heterocycles. The number of thioether (sulfide) groups is 1. The summed E-state index contributed by atoms with van der Waals surface area (Å²) >= 11 is 1.49. The SMILES string of the molecule is CCn1c(SCC(O)COCc2ccccc2OC)nnc1-c1cccc(C)c1. The van der Waals surface area contributed by atoms with E-state index in [1.807, 2.05) is 36.4 Å². The number of hydrogen-bond donors (Lipinski definition) is 1. The Hall–Kier alpha value is -2.35. The highest BCUT2D eigenvalue weighted by Gasteiger charge is 2.15. The van der Waals surface area contributed by atoms with E-state index in [1.165, 1.54) is 17.3 Å². The van der Waals surface area contributed by atoms with Gasteiger partial charge < -0.3 is 19.1 Å². The van der Waals surface area contributed by atoms with E-state index >= 15 is 0 Å². The molecule has 7 heteroatoms. The largest absolute Gasteiger partial charge is 0.496 e. The van der Waals surface area contributed by atoms with Crippen molar-refractivity contribution in [2.45, 2.75) is 38.3 Å². The van der Waals surface area contributed by atoms with Crippen molar-refractivity contribution in [2.75, 3.05) is 19.5 Å². The van der Waals surface area contributed by atoms with Gasteiger partial charge in [-0.2, -0.15) is 0 Å². The number of aliphatic hydroxyl groups is 1. The van der Waals surface area contributed by atoms with Crippen molar-refractivity contribution in [1.29, 1.82) is 0 Å². The minimum Gasteiger partial charge on any atom is -0.496 e. The van der Waals surface area contributed by atoms with E-state index in [0.29, 0.717) is 12.4 Å². The van der Waals surface area contributed by atoms with Crippen molar-refractivity contribution in [3.05, 3.63) is 59.7 Å². The smallest absolute Gasteiger partial charge is 0.191 e. The second-order valence-corrected chi connectivity index (χ2v) is 7.70. The fraction of sp³-hybridized carbons (Fsp3) is 0.364.